The maximum atomic E-state index is 12.3. The largest absolute Gasteiger partial charge is 0.361 e. The lowest BCUT2D eigenvalue weighted by Gasteiger charge is -1.98. The van der Waals surface area contributed by atoms with Crippen LogP contribution in [0.15, 0.2) is 75.4 Å². The van der Waals surface area contributed by atoms with Crippen molar-refractivity contribution in [2.75, 3.05) is 16.5 Å². The van der Waals surface area contributed by atoms with Gasteiger partial charge in [0.2, 0.25) is 22.1 Å². The molecule has 0 fully saturated rings. The van der Waals surface area contributed by atoms with Gasteiger partial charge in [0.05, 0.1) is 12.0 Å². The molecule has 0 radical (unpaired) electrons. The quantitative estimate of drug-likeness (QED) is 0.0905. The fraction of sp³-hybridized carbons (Fsp3) is 0.0909. The van der Waals surface area contributed by atoms with E-state index in [0.29, 0.717) is 16.2 Å². The van der Waals surface area contributed by atoms with Crippen molar-refractivity contribution in [1.82, 2.24) is 30.4 Å². The number of benzene rings is 2. The SMILES string of the molecule is O=C(CSc1n[nH]c(N/N=C\c2c[nH]c3ccccc23)n1)Nc1nnc(SCc2ccccc2)s1. The minimum absolute atomic E-state index is 0.141. The number of hydrazone groups is 1. The molecular formula is C22H19N9OS3. The fourth-order valence-corrected chi connectivity index (χ4v) is 5.37. The van der Waals surface area contributed by atoms with Gasteiger partial charge in [-0.05, 0) is 11.6 Å². The first-order valence-corrected chi connectivity index (χ1v) is 13.2. The van der Waals surface area contributed by atoms with Gasteiger partial charge in [0.25, 0.3) is 0 Å². The summed E-state index contributed by atoms with van der Waals surface area (Å²) >= 11 is 4.14. The molecule has 0 spiro atoms. The number of carbonyl (C=O) groups is 1. The molecule has 0 aliphatic heterocycles. The highest BCUT2D eigenvalue weighted by atomic mass is 32.2. The summed E-state index contributed by atoms with van der Waals surface area (Å²) in [7, 11) is 0. The van der Waals surface area contributed by atoms with Crippen LogP contribution in [-0.4, -0.2) is 48.2 Å². The second-order valence-electron chi connectivity index (χ2n) is 7.11. The van der Waals surface area contributed by atoms with Gasteiger partial charge in [0, 0.05) is 28.4 Å². The molecule has 1 amide bonds. The zero-order valence-corrected chi connectivity index (χ0v) is 20.6. The Bertz CT molecular complexity index is 1440. The third kappa shape index (κ3) is 6.26. The van der Waals surface area contributed by atoms with Crippen LogP contribution in [0, 0.1) is 0 Å². The standard InChI is InChI=1S/C22H19N9OS3/c32-18(25-21-30-31-22(35-21)34-12-14-6-2-1-3-7-14)13-33-20-26-19(28-29-20)27-24-11-15-10-23-17-9-5-4-8-16(15)17/h1-11,23H,12-13H2,(H,25,30,32)(H2,26,27,28,29)/b24-11-. The van der Waals surface area contributed by atoms with Crippen molar-refractivity contribution in [3.8, 4) is 0 Å². The molecule has 0 saturated heterocycles. The van der Waals surface area contributed by atoms with Crippen LogP contribution in [-0.2, 0) is 10.5 Å². The predicted octanol–water partition coefficient (Wildman–Crippen LogP) is 4.61. The Labute approximate surface area is 212 Å². The van der Waals surface area contributed by atoms with Crippen molar-refractivity contribution in [2.24, 2.45) is 5.10 Å². The first kappa shape index (κ1) is 23.1. The minimum atomic E-state index is -0.206. The summed E-state index contributed by atoms with van der Waals surface area (Å²) < 4.78 is 0.801. The first-order valence-electron chi connectivity index (χ1n) is 10.4. The number of para-hydroxylation sites is 1. The number of thioether (sulfide) groups is 2. The zero-order valence-electron chi connectivity index (χ0n) is 18.1. The van der Waals surface area contributed by atoms with E-state index in [0.717, 1.165) is 26.6 Å². The van der Waals surface area contributed by atoms with Gasteiger partial charge in [0.15, 0.2) is 4.34 Å². The van der Waals surface area contributed by atoms with E-state index in [1.807, 2.05) is 48.7 Å². The Balaban J connectivity index is 1.06. The van der Waals surface area contributed by atoms with Crippen molar-refractivity contribution in [2.45, 2.75) is 15.2 Å². The number of aromatic amines is 2. The molecule has 10 nitrogen and oxygen atoms in total. The molecule has 13 heteroatoms. The maximum absolute atomic E-state index is 12.3. The number of rotatable bonds is 10. The monoisotopic (exact) mass is 521 g/mol. The molecule has 0 aliphatic rings. The van der Waals surface area contributed by atoms with E-state index < -0.39 is 0 Å². The lowest BCUT2D eigenvalue weighted by atomic mass is 10.2. The number of anilines is 2. The third-order valence-electron chi connectivity index (χ3n) is 4.65. The number of nitrogens with zero attached hydrogens (tertiary/aromatic N) is 5. The highest BCUT2D eigenvalue weighted by Gasteiger charge is 2.11. The number of hydrogen-bond acceptors (Lipinski definition) is 10. The molecule has 2 aromatic carbocycles. The molecule has 35 heavy (non-hydrogen) atoms. The summed E-state index contributed by atoms with van der Waals surface area (Å²) in [4.78, 5) is 19.8. The van der Waals surface area contributed by atoms with Gasteiger partial charge in [-0.2, -0.15) is 10.1 Å². The maximum Gasteiger partial charge on any atom is 0.240 e. The number of fused-ring (bicyclic) bond motifs is 1. The molecule has 3 aromatic heterocycles. The van der Waals surface area contributed by atoms with Crippen molar-refractivity contribution >= 4 is 69.0 Å². The van der Waals surface area contributed by atoms with Gasteiger partial charge in [-0.25, -0.2) is 10.5 Å². The number of aromatic nitrogens is 6. The van der Waals surface area contributed by atoms with Gasteiger partial charge >= 0.3 is 0 Å². The minimum Gasteiger partial charge on any atom is -0.361 e. The number of nitrogens with one attached hydrogen (secondary N) is 4. The van der Waals surface area contributed by atoms with Crippen LogP contribution in [0.2, 0.25) is 0 Å². The molecule has 4 N–H and O–H groups in total. The summed E-state index contributed by atoms with van der Waals surface area (Å²) in [6, 6.07) is 18.1. The van der Waals surface area contributed by atoms with Gasteiger partial charge in [0.1, 0.15) is 0 Å². The van der Waals surface area contributed by atoms with E-state index in [9.17, 15) is 4.79 Å². The van der Waals surface area contributed by atoms with Crippen LogP contribution in [0.4, 0.5) is 11.1 Å². The lowest BCUT2D eigenvalue weighted by Crippen LogP contribution is -2.13. The van der Waals surface area contributed by atoms with Crippen LogP contribution in [0.5, 0.6) is 0 Å². The molecule has 176 valence electrons. The lowest BCUT2D eigenvalue weighted by molar-refractivity contribution is -0.113. The molecular weight excluding hydrogens is 503 g/mol. The Morgan fingerprint density at radius 2 is 1.94 bits per heavy atom. The average molecular weight is 522 g/mol. The topological polar surface area (TPSA) is 137 Å². The molecule has 5 aromatic rings. The summed E-state index contributed by atoms with van der Waals surface area (Å²) in [5, 5.41) is 24.0. The van der Waals surface area contributed by atoms with Crippen molar-refractivity contribution in [3.63, 3.8) is 0 Å². The highest BCUT2D eigenvalue weighted by Crippen LogP contribution is 2.28. The predicted molar refractivity (Wildman–Crippen MR) is 141 cm³/mol. The molecule has 0 aliphatic carbocycles. The second-order valence-corrected chi connectivity index (χ2v) is 10.3. The summed E-state index contributed by atoms with van der Waals surface area (Å²) in [5.74, 6) is 1.12. The Morgan fingerprint density at radius 1 is 1.09 bits per heavy atom. The average Bonchev–Trinajstić information content (AvgIpc) is 3.63. The molecule has 0 bridgehead atoms. The Morgan fingerprint density at radius 3 is 2.86 bits per heavy atom. The molecule has 0 unspecified atom stereocenters. The summed E-state index contributed by atoms with van der Waals surface area (Å²) in [6.45, 7) is 0. The summed E-state index contributed by atoms with van der Waals surface area (Å²) in [6.07, 6.45) is 3.59. The van der Waals surface area contributed by atoms with Crippen molar-refractivity contribution in [3.05, 3.63) is 71.9 Å². The van der Waals surface area contributed by atoms with Crippen LogP contribution < -0.4 is 10.7 Å². The molecule has 0 atom stereocenters. The smallest absolute Gasteiger partial charge is 0.240 e. The van der Waals surface area contributed by atoms with Crippen molar-refractivity contribution < 1.29 is 4.79 Å². The normalized spacial score (nSPS) is 11.3. The Hall–Kier alpha value is -3.68. The van der Waals surface area contributed by atoms with Gasteiger partial charge < -0.3 is 4.98 Å². The van der Waals surface area contributed by atoms with E-state index in [2.05, 4.69) is 58.3 Å². The second kappa shape index (κ2) is 11.2. The van der Waals surface area contributed by atoms with Crippen LogP contribution in [0.25, 0.3) is 10.9 Å². The number of carbonyl (C=O) groups excluding carboxylic acids is 1. The number of amides is 1. The van der Waals surface area contributed by atoms with E-state index in [4.69, 9.17) is 0 Å². The van der Waals surface area contributed by atoms with Crippen LogP contribution in [0.1, 0.15) is 11.1 Å². The van der Waals surface area contributed by atoms with Crippen molar-refractivity contribution in [1.29, 1.82) is 0 Å². The summed E-state index contributed by atoms with van der Waals surface area (Å²) in [5.41, 5.74) is 6.02. The number of H-pyrrole nitrogens is 2. The fourth-order valence-electron chi connectivity index (χ4n) is 3.05. The van der Waals surface area contributed by atoms with E-state index in [-0.39, 0.29) is 11.7 Å². The zero-order chi connectivity index (χ0) is 23.9. The molecule has 0 saturated carbocycles. The molecule has 5 rings (SSSR count). The highest BCUT2D eigenvalue weighted by molar-refractivity contribution is 8.00. The van der Waals surface area contributed by atoms with E-state index >= 15 is 0 Å². The van der Waals surface area contributed by atoms with Gasteiger partial charge in [-0.1, -0.05) is 83.4 Å². The van der Waals surface area contributed by atoms with E-state index in [1.165, 1.54) is 28.7 Å². The van der Waals surface area contributed by atoms with Gasteiger partial charge in [-0.3, -0.25) is 10.1 Å². The molecule has 3 heterocycles. The number of hydrogen-bond donors (Lipinski definition) is 4. The van der Waals surface area contributed by atoms with Crippen LogP contribution in [0.3, 0.4) is 0 Å². The third-order valence-corrected chi connectivity index (χ3v) is 7.54. The Kier molecular flexibility index (Phi) is 7.36. The van der Waals surface area contributed by atoms with Gasteiger partial charge in [-0.15, -0.1) is 15.3 Å². The first-order chi connectivity index (χ1) is 17.2. The van der Waals surface area contributed by atoms with Crippen LogP contribution >= 0.6 is 34.9 Å². The van der Waals surface area contributed by atoms with E-state index in [1.54, 1.807) is 18.0 Å².